The van der Waals surface area contributed by atoms with Gasteiger partial charge in [-0.3, -0.25) is 4.79 Å². The first kappa shape index (κ1) is 24.8. The largest absolute Gasteiger partial charge is 0.480 e. The van der Waals surface area contributed by atoms with Crippen LogP contribution in [0.2, 0.25) is 0 Å². The van der Waals surface area contributed by atoms with Crippen LogP contribution >= 0.6 is 0 Å². The standard InChI is InChI=1S/C28H34N2O5/c1-27(2,3)23(24(31)30-16-10-9-15-28(30,4)25(32)33)29-26(34)35-17-22-20-13-7-5-11-18(20)19-12-6-8-14-21(19)22/h5-8,11-14,22-23H,9-10,15-17H2,1-4H3,(H,29,34)(H,32,33)/t23-,28?/m1/s1. The van der Waals surface area contributed by atoms with Gasteiger partial charge < -0.3 is 20.1 Å². The van der Waals surface area contributed by atoms with E-state index in [0.29, 0.717) is 13.0 Å². The van der Waals surface area contributed by atoms with Crippen molar-refractivity contribution in [3.8, 4) is 11.1 Å². The van der Waals surface area contributed by atoms with Crippen LogP contribution in [0.25, 0.3) is 11.1 Å². The van der Waals surface area contributed by atoms with Crippen molar-refractivity contribution in [2.75, 3.05) is 13.2 Å². The third-order valence-corrected chi connectivity index (χ3v) is 7.34. The molecule has 1 aliphatic carbocycles. The first-order valence-electron chi connectivity index (χ1n) is 12.2. The molecule has 0 bridgehead atoms. The Kier molecular flexibility index (Phi) is 6.62. The third kappa shape index (κ3) is 4.64. The highest BCUT2D eigenvalue weighted by atomic mass is 16.5. The van der Waals surface area contributed by atoms with Gasteiger partial charge in [-0.2, -0.15) is 0 Å². The van der Waals surface area contributed by atoms with Gasteiger partial charge in [0.05, 0.1) is 0 Å². The van der Waals surface area contributed by atoms with Crippen LogP contribution in [0.5, 0.6) is 0 Å². The van der Waals surface area contributed by atoms with Crippen LogP contribution in [0, 0.1) is 5.41 Å². The number of carboxylic acids is 1. The number of carboxylic acid groups (broad SMARTS) is 1. The van der Waals surface area contributed by atoms with E-state index in [-0.39, 0.29) is 12.5 Å². The number of alkyl carbamates (subject to hydrolysis) is 1. The topological polar surface area (TPSA) is 95.9 Å². The maximum Gasteiger partial charge on any atom is 0.407 e. The highest BCUT2D eigenvalue weighted by Crippen LogP contribution is 2.44. The Bertz CT molecular complexity index is 1090. The van der Waals surface area contributed by atoms with E-state index in [0.717, 1.165) is 35.1 Å². The van der Waals surface area contributed by atoms with E-state index in [9.17, 15) is 19.5 Å². The number of ether oxygens (including phenoxy) is 1. The predicted octanol–water partition coefficient (Wildman–Crippen LogP) is 4.80. The number of nitrogens with one attached hydrogen (secondary N) is 1. The molecule has 2 atom stereocenters. The smallest absolute Gasteiger partial charge is 0.407 e. The number of fused-ring (bicyclic) bond motifs is 3. The average molecular weight is 479 g/mol. The summed E-state index contributed by atoms with van der Waals surface area (Å²) in [6.07, 6.45) is 1.17. The van der Waals surface area contributed by atoms with Crippen LogP contribution in [-0.2, 0) is 14.3 Å². The van der Waals surface area contributed by atoms with Gasteiger partial charge >= 0.3 is 12.1 Å². The number of hydrogen-bond acceptors (Lipinski definition) is 4. The Balaban J connectivity index is 1.50. The van der Waals surface area contributed by atoms with Gasteiger partial charge in [0, 0.05) is 12.5 Å². The van der Waals surface area contributed by atoms with E-state index < -0.39 is 35.0 Å². The van der Waals surface area contributed by atoms with Crippen molar-refractivity contribution >= 4 is 18.0 Å². The molecule has 1 saturated heterocycles. The molecule has 0 radical (unpaired) electrons. The van der Waals surface area contributed by atoms with E-state index in [1.807, 2.05) is 57.2 Å². The number of rotatable bonds is 5. The molecule has 1 unspecified atom stereocenters. The summed E-state index contributed by atoms with van der Waals surface area (Å²) in [5.74, 6) is -1.51. The van der Waals surface area contributed by atoms with Crippen LogP contribution in [0.3, 0.4) is 0 Å². The number of carbonyl (C=O) groups is 3. The SMILES string of the molecule is CC(C)(C)[C@H](NC(=O)OCC1c2ccccc2-c2ccccc21)C(=O)N1CCCCC1(C)C(=O)O. The summed E-state index contributed by atoms with van der Waals surface area (Å²) in [6.45, 7) is 7.62. The van der Waals surface area contributed by atoms with Crippen molar-refractivity contribution in [2.24, 2.45) is 5.41 Å². The van der Waals surface area contributed by atoms with Crippen molar-refractivity contribution in [3.63, 3.8) is 0 Å². The molecule has 2 N–H and O–H groups in total. The summed E-state index contributed by atoms with van der Waals surface area (Å²) in [6, 6.07) is 15.3. The monoisotopic (exact) mass is 478 g/mol. The Hall–Kier alpha value is -3.35. The van der Waals surface area contributed by atoms with E-state index >= 15 is 0 Å². The third-order valence-electron chi connectivity index (χ3n) is 7.34. The van der Waals surface area contributed by atoms with E-state index in [4.69, 9.17) is 4.74 Å². The Morgan fingerprint density at radius 2 is 1.63 bits per heavy atom. The first-order chi connectivity index (χ1) is 16.5. The minimum absolute atomic E-state index is 0.0886. The molecule has 35 heavy (non-hydrogen) atoms. The molecule has 186 valence electrons. The lowest BCUT2D eigenvalue weighted by Crippen LogP contribution is -2.64. The first-order valence-corrected chi connectivity index (χ1v) is 12.2. The fourth-order valence-electron chi connectivity index (χ4n) is 5.26. The number of nitrogens with zero attached hydrogens (tertiary/aromatic N) is 1. The molecular weight excluding hydrogens is 444 g/mol. The molecule has 7 nitrogen and oxygen atoms in total. The van der Waals surface area contributed by atoms with Gasteiger partial charge in [0.1, 0.15) is 18.2 Å². The van der Waals surface area contributed by atoms with Crippen molar-refractivity contribution in [3.05, 3.63) is 59.7 Å². The second kappa shape index (κ2) is 9.36. The van der Waals surface area contributed by atoms with Gasteiger partial charge in [-0.05, 0) is 53.9 Å². The predicted molar refractivity (Wildman–Crippen MR) is 133 cm³/mol. The summed E-state index contributed by atoms with van der Waals surface area (Å²) < 4.78 is 5.67. The number of hydrogen-bond donors (Lipinski definition) is 2. The fraction of sp³-hybridized carbons (Fsp3) is 0.464. The lowest BCUT2D eigenvalue weighted by molar-refractivity contribution is -0.163. The molecule has 1 fully saturated rings. The van der Waals surface area contributed by atoms with Gasteiger partial charge in [0.15, 0.2) is 0 Å². The number of amides is 2. The van der Waals surface area contributed by atoms with Crippen molar-refractivity contribution in [2.45, 2.75) is 64.5 Å². The van der Waals surface area contributed by atoms with Gasteiger partial charge in [-0.25, -0.2) is 9.59 Å². The molecule has 4 rings (SSSR count). The molecule has 0 saturated carbocycles. The van der Waals surface area contributed by atoms with Gasteiger partial charge in [0.25, 0.3) is 0 Å². The number of likely N-dealkylation sites (tertiary alicyclic amines) is 1. The highest BCUT2D eigenvalue weighted by Gasteiger charge is 2.48. The molecule has 0 spiro atoms. The lowest BCUT2D eigenvalue weighted by atomic mass is 9.82. The molecule has 2 amide bonds. The number of piperidine rings is 1. The Labute approximate surface area is 206 Å². The maximum absolute atomic E-state index is 13.6. The van der Waals surface area contributed by atoms with Gasteiger partial charge in [-0.1, -0.05) is 69.3 Å². The van der Waals surface area contributed by atoms with Crippen LogP contribution in [-0.4, -0.2) is 52.7 Å². The minimum Gasteiger partial charge on any atom is -0.480 e. The average Bonchev–Trinajstić information content (AvgIpc) is 3.14. The summed E-state index contributed by atoms with van der Waals surface area (Å²) in [4.78, 5) is 40.0. The second-order valence-corrected chi connectivity index (χ2v) is 10.8. The molecule has 1 heterocycles. The van der Waals surface area contributed by atoms with Crippen molar-refractivity contribution in [1.82, 2.24) is 10.2 Å². The van der Waals surface area contributed by atoms with Crippen LogP contribution in [0.1, 0.15) is 64.0 Å². The number of benzene rings is 2. The second-order valence-electron chi connectivity index (χ2n) is 10.8. The quantitative estimate of drug-likeness (QED) is 0.644. The van der Waals surface area contributed by atoms with Crippen LogP contribution in [0.15, 0.2) is 48.5 Å². The zero-order valence-corrected chi connectivity index (χ0v) is 20.8. The molecule has 1 aliphatic heterocycles. The van der Waals surface area contributed by atoms with Crippen LogP contribution in [0.4, 0.5) is 4.79 Å². The lowest BCUT2D eigenvalue weighted by Gasteiger charge is -2.45. The minimum atomic E-state index is -1.29. The number of carbonyl (C=O) groups excluding carboxylic acids is 2. The molecule has 2 aromatic rings. The Morgan fingerprint density at radius 1 is 1.06 bits per heavy atom. The summed E-state index contributed by atoms with van der Waals surface area (Å²) in [5.41, 5.74) is 2.56. The van der Waals surface area contributed by atoms with Crippen molar-refractivity contribution < 1.29 is 24.2 Å². The zero-order chi connectivity index (χ0) is 25.4. The summed E-state index contributed by atoms with van der Waals surface area (Å²) in [7, 11) is 0. The van der Waals surface area contributed by atoms with Crippen LogP contribution < -0.4 is 5.32 Å². The fourth-order valence-corrected chi connectivity index (χ4v) is 5.26. The van der Waals surface area contributed by atoms with Gasteiger partial charge in [0.2, 0.25) is 5.91 Å². The van der Waals surface area contributed by atoms with Gasteiger partial charge in [-0.15, -0.1) is 0 Å². The number of aliphatic carboxylic acids is 1. The van der Waals surface area contributed by atoms with E-state index in [1.165, 1.54) is 4.90 Å². The molecule has 2 aliphatic rings. The molecule has 7 heteroatoms. The summed E-state index contributed by atoms with van der Waals surface area (Å²) >= 11 is 0. The highest BCUT2D eigenvalue weighted by molar-refractivity contribution is 5.92. The van der Waals surface area contributed by atoms with Crippen molar-refractivity contribution in [1.29, 1.82) is 0 Å². The normalized spacial score (nSPS) is 20.5. The van der Waals surface area contributed by atoms with E-state index in [1.54, 1.807) is 6.92 Å². The molecule has 0 aromatic heterocycles. The Morgan fingerprint density at radius 3 is 2.17 bits per heavy atom. The van der Waals surface area contributed by atoms with E-state index in [2.05, 4.69) is 17.4 Å². The zero-order valence-electron chi connectivity index (χ0n) is 20.8. The molecular formula is C28H34N2O5. The summed E-state index contributed by atoms with van der Waals surface area (Å²) in [5, 5.41) is 12.6. The molecule has 2 aromatic carbocycles. The maximum atomic E-state index is 13.6.